The third-order valence-corrected chi connectivity index (χ3v) is 4.56. The quantitative estimate of drug-likeness (QED) is 0.724. The predicted octanol–water partition coefficient (Wildman–Crippen LogP) is 3.22. The first-order chi connectivity index (χ1) is 9.83. The molecule has 1 fully saturated rings. The Balaban J connectivity index is 1.49. The monoisotopic (exact) mass is 293 g/mol. The second kappa shape index (κ2) is 6.68. The molecular formula is C15H23N3OS. The normalized spacial score (nSPS) is 19.9. The molecule has 20 heavy (non-hydrogen) atoms. The summed E-state index contributed by atoms with van der Waals surface area (Å²) in [5.74, 6) is 1.76. The molecule has 0 radical (unpaired) electrons. The summed E-state index contributed by atoms with van der Waals surface area (Å²) in [6.07, 6.45) is 10.0. The van der Waals surface area contributed by atoms with Crippen molar-refractivity contribution in [3.05, 3.63) is 11.8 Å². The molecule has 1 aromatic rings. The van der Waals surface area contributed by atoms with Crippen LogP contribution in [0.3, 0.4) is 0 Å². The first-order valence-corrected chi connectivity index (χ1v) is 8.39. The Morgan fingerprint density at radius 1 is 1.35 bits per heavy atom. The molecule has 0 amide bonds. The van der Waals surface area contributed by atoms with Crippen molar-refractivity contribution in [2.24, 2.45) is 5.92 Å². The van der Waals surface area contributed by atoms with E-state index in [1.54, 1.807) is 0 Å². The van der Waals surface area contributed by atoms with Crippen molar-refractivity contribution in [1.82, 2.24) is 13.6 Å². The van der Waals surface area contributed by atoms with E-state index in [1.807, 2.05) is 0 Å². The molecule has 110 valence electrons. The molecule has 2 heterocycles. The number of likely N-dealkylation sites (N-methyl/N-ethyl adjacent to an activating group) is 1. The number of aromatic nitrogens is 2. The molecule has 5 heteroatoms. The van der Waals surface area contributed by atoms with Crippen LogP contribution in [0.5, 0.6) is 5.88 Å². The Kier molecular flexibility index (Phi) is 4.68. The van der Waals surface area contributed by atoms with Gasteiger partial charge in [0.25, 0.3) is 5.88 Å². The van der Waals surface area contributed by atoms with Crippen molar-refractivity contribution in [3.63, 3.8) is 0 Å². The van der Waals surface area contributed by atoms with Crippen molar-refractivity contribution >= 4 is 17.3 Å². The van der Waals surface area contributed by atoms with E-state index in [9.17, 15) is 0 Å². The van der Waals surface area contributed by atoms with Gasteiger partial charge < -0.3 is 9.64 Å². The molecule has 0 unspecified atom stereocenters. The van der Waals surface area contributed by atoms with E-state index in [4.69, 9.17) is 4.74 Å². The molecule has 0 aromatic carbocycles. The molecule has 3 rings (SSSR count). The Bertz CT molecular complexity index is 467. The van der Waals surface area contributed by atoms with Gasteiger partial charge in [-0.15, -0.1) is 4.37 Å². The van der Waals surface area contributed by atoms with Gasteiger partial charge >= 0.3 is 0 Å². The van der Waals surface area contributed by atoms with Crippen LogP contribution in [0, 0.1) is 5.92 Å². The van der Waals surface area contributed by atoms with Crippen LogP contribution >= 0.6 is 11.7 Å². The summed E-state index contributed by atoms with van der Waals surface area (Å²) in [5.41, 5.74) is 2.23. The number of nitrogens with zero attached hydrogens (tertiary/aromatic N) is 3. The number of hydrogen-bond acceptors (Lipinski definition) is 5. The van der Waals surface area contributed by atoms with E-state index < -0.39 is 0 Å². The molecule has 0 spiro atoms. The van der Waals surface area contributed by atoms with Crippen LogP contribution in [0.15, 0.2) is 6.08 Å². The van der Waals surface area contributed by atoms with E-state index >= 15 is 0 Å². The van der Waals surface area contributed by atoms with Crippen molar-refractivity contribution in [2.75, 3.05) is 26.7 Å². The second-order valence-electron chi connectivity index (χ2n) is 5.96. The smallest absolute Gasteiger partial charge is 0.253 e. The SMILES string of the molecule is CN1CCC=C(c2nsnc2OCCCCC2CC2)C1. The van der Waals surface area contributed by atoms with Crippen LogP contribution in [0.25, 0.3) is 5.57 Å². The fraction of sp³-hybridized carbons (Fsp3) is 0.733. The highest BCUT2D eigenvalue weighted by molar-refractivity contribution is 6.99. The van der Waals surface area contributed by atoms with Gasteiger partial charge in [-0.05, 0) is 37.8 Å². The molecule has 1 aliphatic heterocycles. The molecular weight excluding hydrogens is 270 g/mol. The highest BCUT2D eigenvalue weighted by Gasteiger charge is 2.20. The summed E-state index contributed by atoms with van der Waals surface area (Å²) in [4.78, 5) is 2.31. The molecule has 2 aliphatic rings. The lowest BCUT2D eigenvalue weighted by Gasteiger charge is -2.22. The summed E-state index contributed by atoms with van der Waals surface area (Å²) in [7, 11) is 2.14. The highest BCUT2D eigenvalue weighted by Crippen LogP contribution is 2.34. The van der Waals surface area contributed by atoms with Crippen molar-refractivity contribution in [3.8, 4) is 5.88 Å². The largest absolute Gasteiger partial charge is 0.475 e. The second-order valence-corrected chi connectivity index (χ2v) is 6.49. The Morgan fingerprint density at radius 2 is 2.25 bits per heavy atom. The Hall–Kier alpha value is -0.940. The first kappa shape index (κ1) is 14.0. The molecule has 1 aromatic heterocycles. The van der Waals surface area contributed by atoms with Gasteiger partial charge in [-0.2, -0.15) is 4.37 Å². The summed E-state index contributed by atoms with van der Waals surface area (Å²) >= 11 is 1.26. The van der Waals surface area contributed by atoms with Crippen LogP contribution < -0.4 is 4.74 Å². The lowest BCUT2D eigenvalue weighted by molar-refractivity contribution is 0.293. The van der Waals surface area contributed by atoms with Gasteiger partial charge in [0, 0.05) is 13.1 Å². The van der Waals surface area contributed by atoms with Crippen molar-refractivity contribution < 1.29 is 4.74 Å². The molecule has 0 saturated heterocycles. The summed E-state index contributed by atoms with van der Waals surface area (Å²) < 4.78 is 14.6. The first-order valence-electron chi connectivity index (χ1n) is 7.66. The van der Waals surface area contributed by atoms with Gasteiger partial charge in [0.15, 0.2) is 0 Å². The predicted molar refractivity (Wildman–Crippen MR) is 82.1 cm³/mol. The number of unbranched alkanes of at least 4 members (excludes halogenated alkanes) is 1. The molecule has 0 N–H and O–H groups in total. The van der Waals surface area contributed by atoms with Gasteiger partial charge in [-0.1, -0.05) is 25.3 Å². The standard InChI is InChI=1S/C15H23N3OS/c1-18-9-4-6-13(11-18)14-15(17-20-16-14)19-10-3-2-5-12-7-8-12/h6,12H,2-5,7-11H2,1H3. The Morgan fingerprint density at radius 3 is 3.05 bits per heavy atom. The maximum absolute atomic E-state index is 5.85. The Labute approximate surface area is 125 Å². The van der Waals surface area contributed by atoms with Crippen LogP contribution in [-0.4, -0.2) is 40.4 Å². The average molecular weight is 293 g/mol. The lowest BCUT2D eigenvalue weighted by atomic mass is 10.1. The van der Waals surface area contributed by atoms with Crippen molar-refractivity contribution in [1.29, 1.82) is 0 Å². The van der Waals surface area contributed by atoms with Gasteiger partial charge in [-0.3, -0.25) is 0 Å². The summed E-state index contributed by atoms with van der Waals surface area (Å²) in [5, 5.41) is 0. The zero-order valence-electron chi connectivity index (χ0n) is 12.2. The zero-order valence-corrected chi connectivity index (χ0v) is 13.0. The minimum atomic E-state index is 0.739. The molecule has 0 atom stereocenters. The summed E-state index contributed by atoms with van der Waals surface area (Å²) in [6.45, 7) is 2.84. The van der Waals surface area contributed by atoms with Gasteiger partial charge in [0.1, 0.15) is 5.69 Å². The number of hydrogen-bond donors (Lipinski definition) is 0. The van der Waals surface area contributed by atoms with Crippen LogP contribution in [0.4, 0.5) is 0 Å². The van der Waals surface area contributed by atoms with Crippen molar-refractivity contribution in [2.45, 2.75) is 38.5 Å². The van der Waals surface area contributed by atoms with E-state index in [0.717, 1.165) is 50.0 Å². The van der Waals surface area contributed by atoms with Gasteiger partial charge in [0.2, 0.25) is 0 Å². The van der Waals surface area contributed by atoms with E-state index in [1.165, 1.54) is 43.0 Å². The minimum absolute atomic E-state index is 0.739. The van der Waals surface area contributed by atoms with Crippen LogP contribution in [0.2, 0.25) is 0 Å². The fourth-order valence-corrected chi connectivity index (χ4v) is 3.18. The van der Waals surface area contributed by atoms with Crippen LogP contribution in [-0.2, 0) is 0 Å². The topological polar surface area (TPSA) is 38.2 Å². The van der Waals surface area contributed by atoms with Gasteiger partial charge in [0.05, 0.1) is 18.3 Å². The number of ether oxygens (including phenoxy) is 1. The fourth-order valence-electron chi connectivity index (χ4n) is 2.65. The van der Waals surface area contributed by atoms with E-state index in [2.05, 4.69) is 26.8 Å². The van der Waals surface area contributed by atoms with E-state index in [0.29, 0.717) is 0 Å². The molecule has 0 bridgehead atoms. The van der Waals surface area contributed by atoms with E-state index in [-0.39, 0.29) is 0 Å². The highest BCUT2D eigenvalue weighted by atomic mass is 32.1. The third-order valence-electron chi connectivity index (χ3n) is 4.05. The van der Waals surface area contributed by atoms with Gasteiger partial charge in [-0.25, -0.2) is 0 Å². The molecule has 1 saturated carbocycles. The number of rotatable bonds is 7. The zero-order chi connectivity index (χ0) is 13.8. The average Bonchev–Trinajstić information content (AvgIpc) is 3.15. The molecule has 4 nitrogen and oxygen atoms in total. The third kappa shape index (κ3) is 3.79. The van der Waals surface area contributed by atoms with Crippen LogP contribution in [0.1, 0.15) is 44.2 Å². The maximum Gasteiger partial charge on any atom is 0.253 e. The minimum Gasteiger partial charge on any atom is -0.475 e. The molecule has 1 aliphatic carbocycles. The summed E-state index contributed by atoms with van der Waals surface area (Å²) in [6, 6.07) is 0. The lowest BCUT2D eigenvalue weighted by Crippen LogP contribution is -2.25. The maximum atomic E-state index is 5.85.